The van der Waals surface area contributed by atoms with Crippen LogP contribution in [-0.4, -0.2) is 47.9 Å². The van der Waals surface area contributed by atoms with Crippen LogP contribution in [0.4, 0.5) is 0 Å². The summed E-state index contributed by atoms with van der Waals surface area (Å²) in [5, 5.41) is 2.12. The van der Waals surface area contributed by atoms with E-state index < -0.39 is 0 Å². The van der Waals surface area contributed by atoms with Gasteiger partial charge in [0.2, 0.25) is 5.91 Å². The normalized spacial score (nSPS) is 19.1. The molecule has 4 nitrogen and oxygen atoms in total. The molecule has 5 heteroatoms. The van der Waals surface area contributed by atoms with Crippen LogP contribution in [0, 0.1) is 5.92 Å². The minimum atomic E-state index is -0.362. The third-order valence-corrected chi connectivity index (χ3v) is 4.72. The molecule has 1 aliphatic heterocycles. The van der Waals surface area contributed by atoms with Gasteiger partial charge < -0.3 is 10.6 Å². The Kier molecular flexibility index (Phi) is 5.57. The molecule has 2 N–H and O–H groups in total. The molecule has 1 fully saturated rings. The maximum Gasteiger partial charge on any atom is 0.239 e. The van der Waals surface area contributed by atoms with Gasteiger partial charge in [-0.25, -0.2) is 0 Å². The van der Waals surface area contributed by atoms with Gasteiger partial charge >= 0.3 is 0 Å². The Bertz CT molecular complexity index is 419. The molecule has 1 atom stereocenters. The molecule has 1 saturated heterocycles. The number of amides is 1. The molecule has 0 bridgehead atoms. The number of hydrogen-bond donors (Lipinski definition) is 1. The van der Waals surface area contributed by atoms with Crippen LogP contribution in [0.15, 0.2) is 17.5 Å². The minimum absolute atomic E-state index is 0.109. The summed E-state index contributed by atoms with van der Waals surface area (Å²) in [5.41, 5.74) is 5.98. The summed E-state index contributed by atoms with van der Waals surface area (Å²) >= 11 is 1.80. The molecule has 1 aliphatic rings. The lowest BCUT2D eigenvalue weighted by atomic mass is 10.0. The molecule has 0 unspecified atom stereocenters. The predicted octanol–water partition coefficient (Wildman–Crippen LogP) is 1.77. The zero-order valence-corrected chi connectivity index (χ0v) is 13.2. The second-order valence-corrected chi connectivity index (χ2v) is 6.84. The lowest BCUT2D eigenvalue weighted by Crippen LogP contribution is -2.47. The molecule has 2 heterocycles. The molecule has 0 spiro atoms. The lowest BCUT2D eigenvalue weighted by molar-refractivity contribution is -0.133. The zero-order chi connectivity index (χ0) is 14.5. The van der Waals surface area contributed by atoms with Crippen LogP contribution in [0.25, 0.3) is 0 Å². The molecule has 0 saturated carbocycles. The van der Waals surface area contributed by atoms with Crippen LogP contribution in [-0.2, 0) is 11.3 Å². The van der Waals surface area contributed by atoms with E-state index in [4.69, 9.17) is 5.73 Å². The Morgan fingerprint density at radius 2 is 2.15 bits per heavy atom. The maximum atomic E-state index is 12.3. The first-order valence-electron chi connectivity index (χ1n) is 7.37. The smallest absolute Gasteiger partial charge is 0.239 e. The molecule has 0 aromatic carbocycles. The van der Waals surface area contributed by atoms with Gasteiger partial charge in [0.15, 0.2) is 0 Å². The van der Waals surface area contributed by atoms with E-state index in [1.165, 1.54) is 4.88 Å². The fourth-order valence-corrected chi connectivity index (χ4v) is 3.21. The van der Waals surface area contributed by atoms with Gasteiger partial charge in [0.05, 0.1) is 6.04 Å². The molecule has 1 amide bonds. The maximum absolute atomic E-state index is 12.3. The van der Waals surface area contributed by atoms with Crippen LogP contribution in [0.2, 0.25) is 0 Å². The Morgan fingerprint density at radius 3 is 2.80 bits per heavy atom. The molecule has 112 valence electrons. The van der Waals surface area contributed by atoms with Gasteiger partial charge in [-0.1, -0.05) is 19.9 Å². The monoisotopic (exact) mass is 295 g/mol. The molecular formula is C15H25N3OS. The van der Waals surface area contributed by atoms with Gasteiger partial charge in [-0.05, 0) is 23.8 Å². The molecule has 20 heavy (non-hydrogen) atoms. The van der Waals surface area contributed by atoms with E-state index in [0.717, 1.165) is 39.1 Å². The van der Waals surface area contributed by atoms with E-state index in [2.05, 4.69) is 22.4 Å². The first kappa shape index (κ1) is 15.5. The van der Waals surface area contributed by atoms with Crippen LogP contribution < -0.4 is 5.73 Å². The first-order valence-corrected chi connectivity index (χ1v) is 8.25. The van der Waals surface area contributed by atoms with E-state index in [-0.39, 0.29) is 17.9 Å². The van der Waals surface area contributed by atoms with Gasteiger partial charge in [0, 0.05) is 37.6 Å². The SMILES string of the molecule is CC(C)[C@@H](N)C(=O)N1CCCN(Cc2cccs2)CC1. The van der Waals surface area contributed by atoms with Gasteiger partial charge in [-0.2, -0.15) is 0 Å². The number of rotatable bonds is 4. The second kappa shape index (κ2) is 7.20. The second-order valence-electron chi connectivity index (χ2n) is 5.80. The van der Waals surface area contributed by atoms with E-state index in [9.17, 15) is 4.79 Å². The summed E-state index contributed by atoms with van der Waals surface area (Å²) in [5.74, 6) is 0.311. The van der Waals surface area contributed by atoms with Crippen LogP contribution in [0.1, 0.15) is 25.1 Å². The van der Waals surface area contributed by atoms with E-state index in [1.807, 2.05) is 18.7 Å². The highest BCUT2D eigenvalue weighted by Crippen LogP contribution is 2.14. The van der Waals surface area contributed by atoms with Crippen molar-refractivity contribution in [3.63, 3.8) is 0 Å². The summed E-state index contributed by atoms with van der Waals surface area (Å²) < 4.78 is 0. The van der Waals surface area contributed by atoms with Crippen molar-refractivity contribution in [2.75, 3.05) is 26.2 Å². The standard InChI is InChI=1S/C15H25N3OS/c1-12(2)14(16)15(19)18-7-4-6-17(8-9-18)11-13-5-3-10-20-13/h3,5,10,12,14H,4,6-9,11,16H2,1-2H3/t14-/m1/s1. The minimum Gasteiger partial charge on any atom is -0.340 e. The van der Waals surface area contributed by atoms with E-state index in [1.54, 1.807) is 11.3 Å². The number of nitrogens with zero attached hydrogens (tertiary/aromatic N) is 2. The fraction of sp³-hybridized carbons (Fsp3) is 0.667. The largest absolute Gasteiger partial charge is 0.340 e. The lowest BCUT2D eigenvalue weighted by Gasteiger charge is -2.26. The Balaban J connectivity index is 1.87. The van der Waals surface area contributed by atoms with Crippen molar-refractivity contribution in [3.8, 4) is 0 Å². The average molecular weight is 295 g/mol. The van der Waals surface area contributed by atoms with E-state index >= 15 is 0 Å². The Hall–Kier alpha value is -0.910. The predicted molar refractivity (Wildman–Crippen MR) is 83.6 cm³/mol. The zero-order valence-electron chi connectivity index (χ0n) is 12.4. The quantitative estimate of drug-likeness (QED) is 0.921. The molecule has 2 rings (SSSR count). The summed E-state index contributed by atoms with van der Waals surface area (Å²) in [4.78, 5) is 18.1. The number of carbonyl (C=O) groups is 1. The molecule has 1 aromatic heterocycles. The number of carbonyl (C=O) groups excluding carboxylic acids is 1. The van der Waals surface area contributed by atoms with Crippen molar-refractivity contribution in [2.24, 2.45) is 11.7 Å². The van der Waals surface area contributed by atoms with Crippen molar-refractivity contribution in [2.45, 2.75) is 32.9 Å². The third kappa shape index (κ3) is 4.04. The first-order chi connectivity index (χ1) is 9.58. The highest BCUT2D eigenvalue weighted by molar-refractivity contribution is 7.09. The summed E-state index contributed by atoms with van der Waals surface area (Å²) in [6.45, 7) is 8.63. The van der Waals surface area contributed by atoms with Crippen molar-refractivity contribution in [3.05, 3.63) is 22.4 Å². The molecule has 1 aromatic rings. The Labute approximate surface area is 125 Å². The van der Waals surface area contributed by atoms with Gasteiger partial charge in [-0.3, -0.25) is 9.69 Å². The summed E-state index contributed by atoms with van der Waals surface area (Å²) in [6.07, 6.45) is 1.03. The van der Waals surface area contributed by atoms with Crippen LogP contribution >= 0.6 is 11.3 Å². The van der Waals surface area contributed by atoms with Crippen molar-refractivity contribution in [1.82, 2.24) is 9.80 Å². The third-order valence-electron chi connectivity index (χ3n) is 3.86. The van der Waals surface area contributed by atoms with Gasteiger partial charge in [0.25, 0.3) is 0 Å². The summed E-state index contributed by atoms with van der Waals surface area (Å²) in [7, 11) is 0. The average Bonchev–Trinajstić information content (AvgIpc) is 2.82. The molecule has 0 radical (unpaired) electrons. The van der Waals surface area contributed by atoms with Crippen molar-refractivity contribution >= 4 is 17.2 Å². The van der Waals surface area contributed by atoms with Gasteiger partial charge in [0.1, 0.15) is 0 Å². The molecular weight excluding hydrogens is 270 g/mol. The van der Waals surface area contributed by atoms with Gasteiger partial charge in [-0.15, -0.1) is 11.3 Å². The number of hydrogen-bond acceptors (Lipinski definition) is 4. The Morgan fingerprint density at radius 1 is 1.35 bits per heavy atom. The number of thiophene rings is 1. The highest BCUT2D eigenvalue weighted by Gasteiger charge is 2.25. The van der Waals surface area contributed by atoms with Crippen molar-refractivity contribution < 1.29 is 4.79 Å². The topological polar surface area (TPSA) is 49.6 Å². The van der Waals surface area contributed by atoms with Crippen LogP contribution in [0.3, 0.4) is 0 Å². The van der Waals surface area contributed by atoms with E-state index in [0.29, 0.717) is 0 Å². The summed E-state index contributed by atoms with van der Waals surface area (Å²) in [6, 6.07) is 3.90. The highest BCUT2D eigenvalue weighted by atomic mass is 32.1. The fourth-order valence-electron chi connectivity index (χ4n) is 2.47. The van der Waals surface area contributed by atoms with Crippen LogP contribution in [0.5, 0.6) is 0 Å². The van der Waals surface area contributed by atoms with Crippen molar-refractivity contribution in [1.29, 1.82) is 0 Å². The molecule has 0 aliphatic carbocycles. The number of nitrogens with two attached hydrogens (primary N) is 1.